The van der Waals surface area contributed by atoms with Gasteiger partial charge in [0.15, 0.2) is 0 Å². The van der Waals surface area contributed by atoms with Gasteiger partial charge in [0.05, 0.1) is 0 Å². The maximum atomic E-state index is 5.33. The summed E-state index contributed by atoms with van der Waals surface area (Å²) in [6.45, 7) is 11.8. The van der Waals surface area contributed by atoms with Gasteiger partial charge in [-0.1, -0.05) is 0 Å². The molecule has 5 nitrogen and oxygen atoms in total. The van der Waals surface area contributed by atoms with Gasteiger partial charge in [0, 0.05) is 0 Å². The van der Waals surface area contributed by atoms with Crippen molar-refractivity contribution >= 4 is 38.1 Å². The molecule has 0 aliphatic rings. The third kappa shape index (κ3) is 4.14. The van der Waals surface area contributed by atoms with Gasteiger partial charge < -0.3 is 0 Å². The molecule has 0 N–H and O–H groups in total. The molecule has 23 heavy (non-hydrogen) atoms. The Kier molecular flexibility index (Phi) is 6.23. The van der Waals surface area contributed by atoms with Gasteiger partial charge in [-0.25, -0.2) is 0 Å². The Morgan fingerprint density at radius 2 is 2.00 bits per heavy atom. The predicted octanol–water partition coefficient (Wildman–Crippen LogP) is 2.06. The molecule has 126 valence electrons. The van der Waals surface area contributed by atoms with E-state index in [0.29, 0.717) is 6.61 Å². The molecule has 0 spiro atoms. The van der Waals surface area contributed by atoms with Crippen molar-refractivity contribution in [1.29, 1.82) is 0 Å². The fourth-order valence-electron chi connectivity index (χ4n) is 2.66. The number of aryl methyl sites for hydroxylation is 4. The molecule has 0 aromatic carbocycles. The summed E-state index contributed by atoms with van der Waals surface area (Å²) in [7, 11) is 0. The minimum absolute atomic E-state index is 0.627. The average molecular weight is 378 g/mol. The van der Waals surface area contributed by atoms with Gasteiger partial charge in [-0.2, -0.15) is 0 Å². The molecule has 0 aliphatic carbocycles. The van der Waals surface area contributed by atoms with E-state index in [0.717, 1.165) is 53.0 Å². The Balaban J connectivity index is 2.32. The van der Waals surface area contributed by atoms with Gasteiger partial charge in [-0.15, -0.1) is 0 Å². The standard InChI is InChI=1S/C17H27AsN4O/c1-6-8-14-20-15-16(12(4)13(5)19-17(15)18)22(14)9-7-10-23-21-11(2)3/h6-10,18H2,1-5H3. The number of pyridine rings is 1. The fraction of sp³-hybridized carbons (Fsp3) is 0.588. The molecule has 0 bridgehead atoms. The van der Waals surface area contributed by atoms with Crippen LogP contribution in [0.1, 0.15) is 50.7 Å². The van der Waals surface area contributed by atoms with Crippen LogP contribution in [0.3, 0.4) is 0 Å². The predicted molar refractivity (Wildman–Crippen MR) is 98.5 cm³/mol. The number of rotatable bonds is 7. The topological polar surface area (TPSA) is 52.3 Å². The molecule has 0 saturated heterocycles. The van der Waals surface area contributed by atoms with Crippen LogP contribution in [-0.4, -0.2) is 43.7 Å². The molecule has 2 rings (SSSR count). The number of fused-ring (bicyclic) bond motifs is 1. The van der Waals surface area contributed by atoms with E-state index < -0.39 is 0 Å². The van der Waals surface area contributed by atoms with Crippen molar-refractivity contribution in [2.75, 3.05) is 6.61 Å². The number of hydrogen-bond acceptors (Lipinski definition) is 4. The summed E-state index contributed by atoms with van der Waals surface area (Å²) < 4.78 is 3.44. The number of imidazole rings is 1. The third-order valence-corrected chi connectivity index (χ3v) is 4.66. The van der Waals surface area contributed by atoms with Gasteiger partial charge in [0.1, 0.15) is 0 Å². The van der Waals surface area contributed by atoms with Crippen LogP contribution in [0.2, 0.25) is 0 Å². The number of nitrogens with zero attached hydrogens (tertiary/aromatic N) is 4. The summed E-state index contributed by atoms with van der Waals surface area (Å²) in [5.74, 6) is 1.16. The van der Waals surface area contributed by atoms with Gasteiger partial charge in [-0.05, 0) is 0 Å². The molecular formula is C17H27AsN4O. The first-order valence-electron chi connectivity index (χ1n) is 8.20. The summed E-state index contributed by atoms with van der Waals surface area (Å²) in [6.07, 6.45) is 3.01. The molecule has 2 aromatic heterocycles. The second-order valence-corrected chi connectivity index (χ2v) is 7.21. The van der Waals surface area contributed by atoms with Gasteiger partial charge in [0.25, 0.3) is 0 Å². The average Bonchev–Trinajstić information content (AvgIpc) is 2.84. The second-order valence-electron chi connectivity index (χ2n) is 6.06. The first-order chi connectivity index (χ1) is 11.0. The number of aromatic nitrogens is 3. The summed E-state index contributed by atoms with van der Waals surface area (Å²) in [5, 5.41) is 3.99. The Labute approximate surface area is 147 Å². The summed E-state index contributed by atoms with van der Waals surface area (Å²) in [6, 6.07) is 0. The van der Waals surface area contributed by atoms with E-state index in [1.54, 1.807) is 16.9 Å². The quantitative estimate of drug-likeness (QED) is 0.321. The molecule has 0 saturated carbocycles. The van der Waals surface area contributed by atoms with Crippen molar-refractivity contribution in [2.24, 2.45) is 5.16 Å². The molecule has 0 aliphatic heterocycles. The Hall–Kier alpha value is -1.35. The molecule has 0 radical (unpaired) electrons. The molecule has 2 heterocycles. The van der Waals surface area contributed by atoms with Crippen molar-refractivity contribution in [3.8, 4) is 0 Å². The summed E-state index contributed by atoms with van der Waals surface area (Å²) >= 11 is 1.54. The second kappa shape index (κ2) is 7.96. The van der Waals surface area contributed by atoms with Crippen molar-refractivity contribution < 1.29 is 4.84 Å². The van der Waals surface area contributed by atoms with Crippen molar-refractivity contribution in [3.63, 3.8) is 0 Å². The summed E-state index contributed by atoms with van der Waals surface area (Å²) in [5.41, 5.74) is 5.60. The monoisotopic (exact) mass is 378 g/mol. The maximum absolute atomic E-state index is 5.33. The Morgan fingerprint density at radius 3 is 2.65 bits per heavy atom. The van der Waals surface area contributed by atoms with E-state index in [9.17, 15) is 0 Å². The Morgan fingerprint density at radius 1 is 1.26 bits per heavy atom. The molecule has 0 fully saturated rings. The first kappa shape index (κ1) is 18.0. The third-order valence-electron chi connectivity index (χ3n) is 3.81. The van der Waals surface area contributed by atoms with Crippen LogP contribution in [0.15, 0.2) is 5.16 Å². The van der Waals surface area contributed by atoms with Gasteiger partial charge in [-0.3, -0.25) is 0 Å². The Bertz CT molecular complexity index is 717. The van der Waals surface area contributed by atoms with Crippen molar-refractivity contribution in [2.45, 2.75) is 60.4 Å². The minimum atomic E-state index is 0.627. The zero-order valence-electron chi connectivity index (χ0n) is 14.8. The normalized spacial score (nSPS) is 11.0. The van der Waals surface area contributed by atoms with E-state index in [2.05, 4.69) is 35.5 Å². The van der Waals surface area contributed by atoms with E-state index in [4.69, 9.17) is 9.82 Å². The van der Waals surface area contributed by atoms with Crippen LogP contribution in [0.4, 0.5) is 0 Å². The van der Waals surface area contributed by atoms with E-state index in [-0.39, 0.29) is 0 Å². The fourth-order valence-corrected chi connectivity index (χ4v) is 3.49. The van der Waals surface area contributed by atoms with Crippen LogP contribution in [0.5, 0.6) is 0 Å². The van der Waals surface area contributed by atoms with Crippen LogP contribution in [0, 0.1) is 13.8 Å². The molecule has 6 heteroatoms. The van der Waals surface area contributed by atoms with Crippen molar-refractivity contribution in [1.82, 2.24) is 14.5 Å². The van der Waals surface area contributed by atoms with Gasteiger partial charge in [0.2, 0.25) is 0 Å². The molecule has 2 aromatic rings. The molecule has 0 amide bonds. The van der Waals surface area contributed by atoms with E-state index in [1.807, 2.05) is 13.8 Å². The van der Waals surface area contributed by atoms with Crippen LogP contribution >= 0.6 is 0 Å². The van der Waals surface area contributed by atoms with Crippen LogP contribution in [0.25, 0.3) is 11.0 Å². The zero-order chi connectivity index (χ0) is 17.0. The van der Waals surface area contributed by atoms with Crippen LogP contribution in [-0.2, 0) is 17.8 Å². The SMILES string of the molecule is CCCc1nc2c([AsH2])nc(C)c(C)c2n1CCCON=C(C)C. The van der Waals surface area contributed by atoms with Gasteiger partial charge >= 0.3 is 147 Å². The number of hydrogen-bond donors (Lipinski definition) is 0. The number of oxime groups is 1. The zero-order valence-corrected chi connectivity index (χ0v) is 17.2. The molecule has 1 atom stereocenters. The van der Waals surface area contributed by atoms with Crippen molar-refractivity contribution in [3.05, 3.63) is 17.1 Å². The summed E-state index contributed by atoms with van der Waals surface area (Å²) in [4.78, 5) is 14.9. The van der Waals surface area contributed by atoms with E-state index >= 15 is 0 Å². The first-order valence-corrected chi connectivity index (χ1v) is 9.41. The van der Waals surface area contributed by atoms with Crippen LogP contribution < -0.4 is 4.48 Å². The molecular weight excluding hydrogens is 351 g/mol. The van der Waals surface area contributed by atoms with E-state index in [1.165, 1.54) is 11.1 Å². The molecule has 1 unspecified atom stereocenters.